The molecule has 1 aromatic heterocycles. The van der Waals surface area contributed by atoms with E-state index in [1.807, 2.05) is 42.5 Å². The third-order valence-electron chi connectivity index (χ3n) is 5.70. The fourth-order valence-corrected chi connectivity index (χ4v) is 7.51. The SMILES string of the molecule is CCCCC(c1sc(-c2ccccc2)cc1Cc1ccccc1)S(=O)(=O)c1ccccc1. The molecule has 4 aromatic rings. The highest BCUT2D eigenvalue weighted by atomic mass is 32.2. The minimum absolute atomic E-state index is 0.404. The highest BCUT2D eigenvalue weighted by Crippen LogP contribution is 2.43. The lowest BCUT2D eigenvalue weighted by molar-refractivity contribution is 0.569. The number of sulfone groups is 1. The van der Waals surface area contributed by atoms with Crippen LogP contribution in [-0.2, 0) is 16.3 Å². The number of benzene rings is 3. The van der Waals surface area contributed by atoms with Gasteiger partial charge >= 0.3 is 0 Å². The van der Waals surface area contributed by atoms with Crippen LogP contribution in [-0.4, -0.2) is 8.42 Å². The second kappa shape index (κ2) is 10.3. The second-order valence-corrected chi connectivity index (χ2v) is 11.2. The lowest BCUT2D eigenvalue weighted by Crippen LogP contribution is -2.14. The van der Waals surface area contributed by atoms with Gasteiger partial charge in [0.15, 0.2) is 9.84 Å². The van der Waals surface area contributed by atoms with E-state index < -0.39 is 15.1 Å². The maximum Gasteiger partial charge on any atom is 0.186 e. The molecule has 1 heterocycles. The Kier molecular flexibility index (Phi) is 7.23. The minimum Gasteiger partial charge on any atom is -0.223 e. The Morgan fingerprint density at radius 1 is 0.812 bits per heavy atom. The Labute approximate surface area is 195 Å². The molecule has 0 saturated heterocycles. The van der Waals surface area contributed by atoms with Gasteiger partial charge in [0.25, 0.3) is 0 Å². The van der Waals surface area contributed by atoms with Crippen LogP contribution in [0.1, 0.15) is 47.4 Å². The first-order valence-electron chi connectivity index (χ1n) is 11.1. The van der Waals surface area contributed by atoms with Crippen molar-refractivity contribution in [2.24, 2.45) is 0 Å². The van der Waals surface area contributed by atoms with Gasteiger partial charge in [-0.1, -0.05) is 98.6 Å². The number of rotatable bonds is 9. The van der Waals surface area contributed by atoms with Crippen molar-refractivity contribution in [3.8, 4) is 10.4 Å². The highest BCUT2D eigenvalue weighted by molar-refractivity contribution is 7.91. The van der Waals surface area contributed by atoms with Gasteiger partial charge in [0, 0.05) is 9.75 Å². The van der Waals surface area contributed by atoms with Crippen LogP contribution in [0.3, 0.4) is 0 Å². The minimum atomic E-state index is -3.50. The predicted molar refractivity (Wildman–Crippen MR) is 135 cm³/mol. The molecule has 3 aromatic carbocycles. The molecule has 1 unspecified atom stereocenters. The van der Waals surface area contributed by atoms with Gasteiger partial charge in [0.05, 0.1) is 4.90 Å². The highest BCUT2D eigenvalue weighted by Gasteiger charge is 2.32. The molecular formula is C28H28O2S2. The van der Waals surface area contributed by atoms with E-state index in [0.29, 0.717) is 11.3 Å². The zero-order chi connectivity index (χ0) is 22.4. The topological polar surface area (TPSA) is 34.1 Å². The van der Waals surface area contributed by atoms with Crippen molar-refractivity contribution in [2.75, 3.05) is 0 Å². The Morgan fingerprint density at radius 3 is 2.03 bits per heavy atom. The molecule has 0 aliphatic rings. The van der Waals surface area contributed by atoms with E-state index in [-0.39, 0.29) is 0 Å². The van der Waals surface area contributed by atoms with Crippen LogP contribution >= 0.6 is 11.3 Å². The molecule has 0 fully saturated rings. The van der Waals surface area contributed by atoms with E-state index in [1.54, 1.807) is 35.6 Å². The van der Waals surface area contributed by atoms with Crippen LogP contribution in [0.4, 0.5) is 0 Å². The van der Waals surface area contributed by atoms with Crippen LogP contribution in [0.15, 0.2) is 102 Å². The molecule has 4 rings (SSSR count). The molecule has 0 bridgehead atoms. The maximum atomic E-state index is 13.8. The summed E-state index contributed by atoms with van der Waals surface area (Å²) in [5, 5.41) is -0.536. The van der Waals surface area contributed by atoms with Gasteiger partial charge < -0.3 is 0 Å². The van der Waals surface area contributed by atoms with Gasteiger partial charge in [-0.25, -0.2) is 8.42 Å². The molecule has 4 heteroatoms. The summed E-state index contributed by atoms with van der Waals surface area (Å²) < 4.78 is 27.6. The molecule has 1 atom stereocenters. The third-order valence-corrected chi connectivity index (χ3v) is 9.34. The summed E-state index contributed by atoms with van der Waals surface area (Å²) in [5.74, 6) is 0. The number of thiophene rings is 1. The summed E-state index contributed by atoms with van der Waals surface area (Å²) >= 11 is 1.63. The van der Waals surface area contributed by atoms with Crippen LogP contribution < -0.4 is 0 Å². The van der Waals surface area contributed by atoms with Gasteiger partial charge in [0.2, 0.25) is 0 Å². The third kappa shape index (κ3) is 5.03. The van der Waals surface area contributed by atoms with Gasteiger partial charge in [-0.15, -0.1) is 11.3 Å². The Bertz CT molecular complexity index is 1230. The second-order valence-electron chi connectivity index (χ2n) is 8.02. The van der Waals surface area contributed by atoms with E-state index in [9.17, 15) is 8.42 Å². The zero-order valence-electron chi connectivity index (χ0n) is 18.3. The molecule has 32 heavy (non-hydrogen) atoms. The summed E-state index contributed by atoms with van der Waals surface area (Å²) in [4.78, 5) is 2.50. The monoisotopic (exact) mass is 460 g/mol. The average molecular weight is 461 g/mol. The van der Waals surface area contributed by atoms with E-state index in [0.717, 1.165) is 40.1 Å². The summed E-state index contributed by atoms with van der Waals surface area (Å²) in [5.41, 5.74) is 3.43. The van der Waals surface area contributed by atoms with Crippen molar-refractivity contribution in [1.82, 2.24) is 0 Å². The lowest BCUT2D eigenvalue weighted by atomic mass is 10.0. The Hall–Kier alpha value is -2.69. The number of hydrogen-bond acceptors (Lipinski definition) is 3. The summed E-state index contributed by atoms with van der Waals surface area (Å²) in [7, 11) is -3.50. The van der Waals surface area contributed by atoms with Gasteiger partial charge in [-0.3, -0.25) is 0 Å². The molecule has 2 nitrogen and oxygen atoms in total. The fourth-order valence-electron chi connectivity index (χ4n) is 4.01. The lowest BCUT2D eigenvalue weighted by Gasteiger charge is -2.18. The smallest absolute Gasteiger partial charge is 0.186 e. The van der Waals surface area contributed by atoms with Crippen molar-refractivity contribution in [2.45, 2.75) is 42.8 Å². The molecular weight excluding hydrogens is 432 g/mol. The first kappa shape index (κ1) is 22.5. The van der Waals surface area contributed by atoms with E-state index >= 15 is 0 Å². The van der Waals surface area contributed by atoms with Crippen molar-refractivity contribution >= 4 is 21.2 Å². The van der Waals surface area contributed by atoms with Crippen LogP contribution in [0.2, 0.25) is 0 Å². The fraction of sp³-hybridized carbons (Fsp3) is 0.214. The van der Waals surface area contributed by atoms with E-state index in [2.05, 4.69) is 37.3 Å². The first-order valence-corrected chi connectivity index (χ1v) is 13.5. The largest absolute Gasteiger partial charge is 0.223 e. The van der Waals surface area contributed by atoms with Gasteiger partial charge in [-0.05, 0) is 47.7 Å². The van der Waals surface area contributed by atoms with Crippen molar-refractivity contribution in [1.29, 1.82) is 0 Å². The van der Waals surface area contributed by atoms with Crippen molar-refractivity contribution in [3.05, 3.63) is 113 Å². The standard InChI is InChI=1S/C28H28O2S2/c1-2-3-19-27(32(29,30)25-17-11-6-12-18-25)28-24(20-22-13-7-4-8-14-22)21-26(31-28)23-15-9-5-10-16-23/h4-18,21,27H,2-3,19-20H2,1H3. The summed E-state index contributed by atoms with van der Waals surface area (Å²) in [6, 6.07) is 31.7. The molecule has 0 saturated carbocycles. The van der Waals surface area contributed by atoms with Crippen LogP contribution in [0, 0.1) is 0 Å². The molecule has 0 spiro atoms. The Morgan fingerprint density at radius 2 is 1.41 bits per heavy atom. The van der Waals surface area contributed by atoms with Crippen molar-refractivity contribution < 1.29 is 8.42 Å². The molecule has 0 amide bonds. The van der Waals surface area contributed by atoms with Gasteiger partial charge in [-0.2, -0.15) is 0 Å². The molecule has 164 valence electrons. The van der Waals surface area contributed by atoms with Crippen molar-refractivity contribution in [3.63, 3.8) is 0 Å². The molecule has 0 aliphatic heterocycles. The molecule has 0 N–H and O–H groups in total. The zero-order valence-corrected chi connectivity index (χ0v) is 19.9. The quantitative estimate of drug-likeness (QED) is 0.256. The predicted octanol–water partition coefficient (Wildman–Crippen LogP) is 7.71. The number of hydrogen-bond donors (Lipinski definition) is 0. The van der Waals surface area contributed by atoms with Gasteiger partial charge in [0.1, 0.15) is 5.25 Å². The Balaban J connectivity index is 1.84. The summed E-state index contributed by atoms with van der Waals surface area (Å²) in [6.07, 6.45) is 3.20. The van der Waals surface area contributed by atoms with Crippen LogP contribution in [0.5, 0.6) is 0 Å². The van der Waals surface area contributed by atoms with E-state index in [4.69, 9.17) is 0 Å². The maximum absolute atomic E-state index is 13.8. The number of unbranched alkanes of at least 4 members (excludes halogenated alkanes) is 1. The van der Waals surface area contributed by atoms with E-state index in [1.165, 1.54) is 5.56 Å². The first-order chi connectivity index (χ1) is 15.6. The average Bonchev–Trinajstić information content (AvgIpc) is 3.24. The molecule has 0 radical (unpaired) electrons. The normalized spacial score (nSPS) is 12.5. The molecule has 0 aliphatic carbocycles. The van der Waals surface area contributed by atoms with Crippen LogP contribution in [0.25, 0.3) is 10.4 Å². The summed E-state index contributed by atoms with van der Waals surface area (Å²) in [6.45, 7) is 2.11.